The standard InChI is InChI=1S/C16H24N4O3/c1-3-12-10(9-17-20(12)2)16(22)18-11-6-7-14(21)19-15(11)13-5-4-8-23-13/h9,11,13,15H,3-8H2,1-2H3,(H,18,22)(H,19,21)/t11-,13?,15-/m1/s1. The molecule has 2 N–H and O–H groups in total. The van der Waals surface area contributed by atoms with Gasteiger partial charge in [-0.3, -0.25) is 14.3 Å². The van der Waals surface area contributed by atoms with Crippen LogP contribution in [0.25, 0.3) is 0 Å². The number of hydrogen-bond donors (Lipinski definition) is 2. The smallest absolute Gasteiger partial charge is 0.255 e. The molecule has 23 heavy (non-hydrogen) atoms. The topological polar surface area (TPSA) is 85.2 Å². The molecule has 7 nitrogen and oxygen atoms in total. The third kappa shape index (κ3) is 3.24. The first kappa shape index (κ1) is 16.0. The zero-order valence-electron chi connectivity index (χ0n) is 13.7. The summed E-state index contributed by atoms with van der Waals surface area (Å²) in [7, 11) is 1.84. The Hall–Kier alpha value is -1.89. The SMILES string of the molecule is CCc1c(C(=O)N[C@@H]2CCC(=O)N[C@H]2C2CCCO2)cnn1C. The van der Waals surface area contributed by atoms with Gasteiger partial charge in [0.1, 0.15) is 0 Å². The Labute approximate surface area is 135 Å². The van der Waals surface area contributed by atoms with Crippen LogP contribution in [0.2, 0.25) is 0 Å². The quantitative estimate of drug-likeness (QED) is 0.848. The molecule has 0 aromatic carbocycles. The van der Waals surface area contributed by atoms with Crippen LogP contribution in [0.4, 0.5) is 0 Å². The van der Waals surface area contributed by atoms with E-state index in [9.17, 15) is 9.59 Å². The monoisotopic (exact) mass is 320 g/mol. The average Bonchev–Trinajstić information content (AvgIpc) is 3.18. The molecule has 2 fully saturated rings. The fourth-order valence-electron chi connectivity index (χ4n) is 3.54. The number of rotatable bonds is 4. The average molecular weight is 320 g/mol. The normalized spacial score (nSPS) is 27.7. The Balaban J connectivity index is 1.73. The van der Waals surface area contributed by atoms with Gasteiger partial charge in [0.05, 0.1) is 35.6 Å². The number of amides is 2. The molecule has 0 saturated carbocycles. The van der Waals surface area contributed by atoms with Crippen LogP contribution in [-0.4, -0.2) is 46.4 Å². The van der Waals surface area contributed by atoms with Crippen LogP contribution in [0, 0.1) is 0 Å². The molecule has 0 radical (unpaired) electrons. The van der Waals surface area contributed by atoms with Gasteiger partial charge in [0.25, 0.3) is 5.91 Å². The first-order valence-electron chi connectivity index (χ1n) is 8.33. The molecular formula is C16H24N4O3. The Bertz CT molecular complexity index is 592. The number of ether oxygens (including phenoxy) is 1. The summed E-state index contributed by atoms with van der Waals surface area (Å²) in [4.78, 5) is 24.4. The van der Waals surface area contributed by atoms with E-state index in [2.05, 4.69) is 15.7 Å². The fourth-order valence-corrected chi connectivity index (χ4v) is 3.54. The van der Waals surface area contributed by atoms with Crippen LogP contribution in [0.15, 0.2) is 6.20 Å². The van der Waals surface area contributed by atoms with E-state index in [1.54, 1.807) is 10.9 Å². The third-order valence-corrected chi connectivity index (χ3v) is 4.77. The van der Waals surface area contributed by atoms with E-state index in [0.29, 0.717) is 18.4 Å². The number of nitrogens with zero attached hydrogens (tertiary/aromatic N) is 2. The van der Waals surface area contributed by atoms with Crippen molar-refractivity contribution in [2.75, 3.05) is 6.61 Å². The van der Waals surface area contributed by atoms with Gasteiger partial charge >= 0.3 is 0 Å². The molecule has 0 bridgehead atoms. The molecule has 3 heterocycles. The molecule has 3 atom stereocenters. The maximum atomic E-state index is 12.6. The molecule has 2 aliphatic rings. The van der Waals surface area contributed by atoms with Gasteiger partial charge < -0.3 is 15.4 Å². The summed E-state index contributed by atoms with van der Waals surface area (Å²) in [6, 6.07) is -0.252. The third-order valence-electron chi connectivity index (χ3n) is 4.77. The molecule has 2 aliphatic heterocycles. The summed E-state index contributed by atoms with van der Waals surface area (Å²) >= 11 is 0. The predicted molar refractivity (Wildman–Crippen MR) is 84.0 cm³/mol. The lowest BCUT2D eigenvalue weighted by molar-refractivity contribution is -0.125. The van der Waals surface area contributed by atoms with E-state index in [4.69, 9.17) is 4.74 Å². The number of nitrogens with one attached hydrogen (secondary N) is 2. The van der Waals surface area contributed by atoms with Gasteiger partial charge in [-0.25, -0.2) is 0 Å². The lowest BCUT2D eigenvalue weighted by Crippen LogP contribution is -2.60. The van der Waals surface area contributed by atoms with E-state index in [1.165, 1.54) is 0 Å². The number of piperidine rings is 1. The van der Waals surface area contributed by atoms with Crippen molar-refractivity contribution in [1.82, 2.24) is 20.4 Å². The highest BCUT2D eigenvalue weighted by molar-refractivity contribution is 5.95. The summed E-state index contributed by atoms with van der Waals surface area (Å²) in [5.41, 5.74) is 1.52. The zero-order valence-corrected chi connectivity index (χ0v) is 13.7. The van der Waals surface area contributed by atoms with E-state index >= 15 is 0 Å². The molecule has 126 valence electrons. The van der Waals surface area contributed by atoms with Crippen LogP contribution >= 0.6 is 0 Å². The van der Waals surface area contributed by atoms with Crippen LogP contribution in [-0.2, 0) is 23.0 Å². The van der Waals surface area contributed by atoms with Crippen molar-refractivity contribution in [1.29, 1.82) is 0 Å². The number of carbonyl (C=O) groups is 2. The minimum absolute atomic E-state index is 0.0101. The number of carbonyl (C=O) groups excluding carboxylic acids is 2. The molecule has 1 aromatic rings. The lowest BCUT2D eigenvalue weighted by atomic mass is 9.92. The lowest BCUT2D eigenvalue weighted by Gasteiger charge is -2.36. The fraction of sp³-hybridized carbons (Fsp3) is 0.688. The first-order chi connectivity index (χ1) is 11.1. The maximum absolute atomic E-state index is 12.6. The number of aryl methyl sites for hydroxylation is 1. The van der Waals surface area contributed by atoms with Crippen molar-refractivity contribution < 1.29 is 14.3 Å². The summed E-state index contributed by atoms with van der Waals surface area (Å²) in [5, 5.41) is 10.3. The largest absolute Gasteiger partial charge is 0.376 e. The molecule has 0 spiro atoms. The minimum Gasteiger partial charge on any atom is -0.376 e. The molecule has 3 rings (SSSR count). The summed E-state index contributed by atoms with van der Waals surface area (Å²) < 4.78 is 7.46. The van der Waals surface area contributed by atoms with Crippen LogP contribution in [0.3, 0.4) is 0 Å². The maximum Gasteiger partial charge on any atom is 0.255 e. The van der Waals surface area contributed by atoms with Crippen molar-refractivity contribution in [3.8, 4) is 0 Å². The van der Waals surface area contributed by atoms with Crippen LogP contribution in [0.1, 0.15) is 48.7 Å². The molecular weight excluding hydrogens is 296 g/mol. The Morgan fingerprint density at radius 3 is 3.04 bits per heavy atom. The van der Waals surface area contributed by atoms with Gasteiger partial charge in [-0.05, 0) is 25.7 Å². The highest BCUT2D eigenvalue weighted by Gasteiger charge is 2.37. The van der Waals surface area contributed by atoms with Crippen molar-refractivity contribution >= 4 is 11.8 Å². The molecule has 7 heteroatoms. The highest BCUT2D eigenvalue weighted by Crippen LogP contribution is 2.23. The second-order valence-corrected chi connectivity index (χ2v) is 6.25. The van der Waals surface area contributed by atoms with E-state index in [0.717, 1.165) is 31.6 Å². The van der Waals surface area contributed by atoms with Crippen molar-refractivity contribution in [3.05, 3.63) is 17.5 Å². The van der Waals surface area contributed by atoms with Gasteiger partial charge in [-0.15, -0.1) is 0 Å². The summed E-state index contributed by atoms with van der Waals surface area (Å²) in [6.07, 6.45) is 5.34. The second-order valence-electron chi connectivity index (χ2n) is 6.25. The minimum atomic E-state index is -0.149. The molecule has 0 aliphatic carbocycles. The van der Waals surface area contributed by atoms with Crippen molar-refractivity contribution in [2.24, 2.45) is 7.05 Å². The van der Waals surface area contributed by atoms with Gasteiger partial charge in [0.2, 0.25) is 5.91 Å². The number of hydrogen-bond acceptors (Lipinski definition) is 4. The zero-order chi connectivity index (χ0) is 16.4. The van der Waals surface area contributed by atoms with Gasteiger partial charge in [0.15, 0.2) is 0 Å². The molecule has 2 saturated heterocycles. The van der Waals surface area contributed by atoms with E-state index in [1.807, 2.05) is 14.0 Å². The molecule has 1 unspecified atom stereocenters. The molecule has 2 amide bonds. The Morgan fingerprint density at radius 2 is 2.35 bits per heavy atom. The highest BCUT2D eigenvalue weighted by atomic mass is 16.5. The van der Waals surface area contributed by atoms with Crippen LogP contribution < -0.4 is 10.6 Å². The van der Waals surface area contributed by atoms with E-state index in [-0.39, 0.29) is 30.0 Å². The van der Waals surface area contributed by atoms with Crippen molar-refractivity contribution in [3.63, 3.8) is 0 Å². The van der Waals surface area contributed by atoms with Gasteiger partial charge in [-0.2, -0.15) is 5.10 Å². The Kier molecular flexibility index (Phi) is 4.66. The Morgan fingerprint density at radius 1 is 1.52 bits per heavy atom. The molecule has 1 aromatic heterocycles. The summed E-state index contributed by atoms with van der Waals surface area (Å²) in [6.45, 7) is 2.73. The number of aromatic nitrogens is 2. The second kappa shape index (κ2) is 6.70. The summed E-state index contributed by atoms with van der Waals surface area (Å²) in [5.74, 6) is -0.0919. The van der Waals surface area contributed by atoms with E-state index < -0.39 is 0 Å². The van der Waals surface area contributed by atoms with Crippen LogP contribution in [0.5, 0.6) is 0 Å². The first-order valence-corrected chi connectivity index (χ1v) is 8.33. The van der Waals surface area contributed by atoms with Gasteiger partial charge in [0, 0.05) is 20.1 Å². The van der Waals surface area contributed by atoms with Crippen molar-refractivity contribution in [2.45, 2.75) is 57.2 Å². The predicted octanol–water partition coefficient (Wildman–Crippen LogP) is 0.539. The van der Waals surface area contributed by atoms with Gasteiger partial charge in [-0.1, -0.05) is 6.92 Å².